The highest BCUT2D eigenvalue weighted by Crippen LogP contribution is 2.25. The normalized spacial score (nSPS) is 11.3. The van der Waals surface area contributed by atoms with Crippen LogP contribution in [0.2, 0.25) is 0 Å². The first-order valence-corrected chi connectivity index (χ1v) is 8.09. The van der Waals surface area contributed by atoms with Crippen LogP contribution >= 0.6 is 12.4 Å². The summed E-state index contributed by atoms with van der Waals surface area (Å²) in [5, 5.41) is 0. The quantitative estimate of drug-likeness (QED) is 0.444. The average molecular weight is 347 g/mol. The Morgan fingerprint density at radius 2 is 1.40 bits per heavy atom. The third-order valence-electron chi connectivity index (χ3n) is 4.18. The number of nitrogens with zero attached hydrogens (tertiary/aromatic N) is 2. The van der Waals surface area contributed by atoms with Crippen LogP contribution in [0.4, 0.5) is 0 Å². The monoisotopic (exact) mass is 346 g/mol. The van der Waals surface area contributed by atoms with Crippen LogP contribution in [0.3, 0.4) is 0 Å². The fourth-order valence-corrected chi connectivity index (χ4v) is 2.97. The molecule has 1 aromatic heterocycles. The molecule has 4 aromatic rings. The molecule has 0 saturated carbocycles. The van der Waals surface area contributed by atoms with Gasteiger partial charge in [0.1, 0.15) is 5.82 Å². The number of hydrogen-bond donors (Lipinski definition) is 0. The van der Waals surface area contributed by atoms with Crippen LogP contribution < -0.4 is 0 Å². The Morgan fingerprint density at radius 1 is 0.800 bits per heavy atom. The van der Waals surface area contributed by atoms with Crippen molar-refractivity contribution in [3.63, 3.8) is 0 Å². The zero-order valence-corrected chi connectivity index (χ0v) is 14.8. The molecule has 0 amide bonds. The van der Waals surface area contributed by atoms with Gasteiger partial charge < -0.3 is 0 Å². The third kappa shape index (κ3) is 3.35. The Bertz CT molecular complexity index is 1000. The molecule has 0 aliphatic carbocycles. The van der Waals surface area contributed by atoms with Crippen molar-refractivity contribution in [3.05, 3.63) is 96.3 Å². The molecule has 0 unspecified atom stereocenters. The Labute approximate surface area is 153 Å². The molecule has 0 radical (unpaired) electrons. The first-order chi connectivity index (χ1) is 11.8. The van der Waals surface area contributed by atoms with E-state index in [0.717, 1.165) is 22.5 Å². The van der Waals surface area contributed by atoms with Crippen molar-refractivity contribution in [1.29, 1.82) is 0 Å². The Morgan fingerprint density at radius 3 is 2.12 bits per heavy atom. The molecule has 3 aromatic carbocycles. The Kier molecular flexibility index (Phi) is 5.01. The summed E-state index contributed by atoms with van der Waals surface area (Å²) in [5.74, 6) is 0.948. The van der Waals surface area contributed by atoms with Gasteiger partial charge in [-0.3, -0.25) is 4.57 Å². The van der Waals surface area contributed by atoms with Gasteiger partial charge in [-0.2, -0.15) is 0 Å². The molecule has 124 valence electrons. The van der Waals surface area contributed by atoms with E-state index in [1.807, 2.05) is 18.2 Å². The maximum atomic E-state index is 4.84. The summed E-state index contributed by atoms with van der Waals surface area (Å²) < 4.78 is 2.21. The zero-order valence-electron chi connectivity index (χ0n) is 14.0. The number of para-hydroxylation sites is 3. The van der Waals surface area contributed by atoms with Crippen molar-refractivity contribution < 1.29 is 0 Å². The molecule has 25 heavy (non-hydrogen) atoms. The second-order valence-corrected chi connectivity index (χ2v) is 5.82. The van der Waals surface area contributed by atoms with Crippen LogP contribution in [0.15, 0.2) is 84.9 Å². The maximum absolute atomic E-state index is 4.84. The van der Waals surface area contributed by atoms with Crippen LogP contribution in [0, 0.1) is 0 Å². The molecule has 0 N–H and O–H groups in total. The van der Waals surface area contributed by atoms with Crippen LogP contribution in [0.1, 0.15) is 18.3 Å². The van der Waals surface area contributed by atoms with Crippen molar-refractivity contribution in [2.45, 2.75) is 6.92 Å². The van der Waals surface area contributed by atoms with Gasteiger partial charge in [0, 0.05) is 5.69 Å². The van der Waals surface area contributed by atoms with Gasteiger partial charge in [0.05, 0.1) is 11.0 Å². The van der Waals surface area contributed by atoms with Crippen LogP contribution in [0.5, 0.6) is 0 Å². The summed E-state index contributed by atoms with van der Waals surface area (Å²) in [5.41, 5.74) is 5.66. The van der Waals surface area contributed by atoms with Gasteiger partial charge in [-0.25, -0.2) is 4.98 Å². The van der Waals surface area contributed by atoms with Crippen LogP contribution in [0.25, 0.3) is 28.4 Å². The Balaban J connectivity index is 0.00000182. The van der Waals surface area contributed by atoms with E-state index < -0.39 is 0 Å². The van der Waals surface area contributed by atoms with Gasteiger partial charge in [0.15, 0.2) is 0 Å². The number of rotatable bonds is 3. The molecule has 2 nitrogen and oxygen atoms in total. The third-order valence-corrected chi connectivity index (χ3v) is 4.18. The van der Waals surface area contributed by atoms with E-state index in [1.54, 1.807) is 0 Å². The van der Waals surface area contributed by atoms with E-state index in [1.165, 1.54) is 11.1 Å². The van der Waals surface area contributed by atoms with Crippen molar-refractivity contribution >= 4 is 35.1 Å². The summed E-state index contributed by atoms with van der Waals surface area (Å²) in [6.07, 6.45) is 2.16. The van der Waals surface area contributed by atoms with Gasteiger partial charge in [-0.15, -0.1) is 12.4 Å². The van der Waals surface area contributed by atoms with Crippen LogP contribution in [-0.4, -0.2) is 9.55 Å². The summed E-state index contributed by atoms with van der Waals surface area (Å²) in [4.78, 5) is 4.84. The summed E-state index contributed by atoms with van der Waals surface area (Å²) >= 11 is 0. The van der Waals surface area contributed by atoms with E-state index in [-0.39, 0.29) is 12.4 Å². The highest BCUT2D eigenvalue weighted by atomic mass is 35.5. The molecule has 1 heterocycles. The minimum Gasteiger partial charge on any atom is -0.293 e. The second-order valence-electron chi connectivity index (χ2n) is 5.82. The number of benzene rings is 3. The lowest BCUT2D eigenvalue weighted by Gasteiger charge is -2.08. The van der Waals surface area contributed by atoms with E-state index in [9.17, 15) is 0 Å². The molecule has 0 aliphatic rings. The average Bonchev–Trinajstić information content (AvgIpc) is 3.01. The van der Waals surface area contributed by atoms with Crippen molar-refractivity contribution in [1.82, 2.24) is 9.55 Å². The van der Waals surface area contributed by atoms with Gasteiger partial charge >= 0.3 is 0 Å². The first-order valence-electron chi connectivity index (χ1n) is 8.09. The number of aromatic nitrogens is 2. The van der Waals surface area contributed by atoms with Gasteiger partial charge in [-0.05, 0) is 48.4 Å². The molecule has 0 saturated heterocycles. The lowest BCUT2D eigenvalue weighted by Crippen LogP contribution is -1.97. The summed E-state index contributed by atoms with van der Waals surface area (Å²) in [6.45, 7) is 2.13. The highest BCUT2D eigenvalue weighted by Gasteiger charge is 2.10. The van der Waals surface area contributed by atoms with Crippen molar-refractivity contribution in [2.75, 3.05) is 0 Å². The fraction of sp³-hybridized carbons (Fsp3) is 0.0455. The standard InChI is InChI=1S/C22H18N2.ClH/c1-17(18-10-4-2-5-11-18)16-22-23-20-14-8-9-15-21(20)24(22)19-12-6-3-7-13-19;/h2-16H,1H3;1H/b17-16+;. The van der Waals surface area contributed by atoms with Crippen molar-refractivity contribution in [2.24, 2.45) is 0 Å². The topological polar surface area (TPSA) is 17.8 Å². The lowest BCUT2D eigenvalue weighted by atomic mass is 10.1. The lowest BCUT2D eigenvalue weighted by molar-refractivity contribution is 1.07. The second kappa shape index (κ2) is 7.37. The SMILES string of the molecule is C/C(=C\c1nc2ccccc2n1-c1ccccc1)c1ccccc1.Cl. The van der Waals surface area contributed by atoms with Gasteiger partial charge in [0.2, 0.25) is 0 Å². The van der Waals surface area contributed by atoms with Gasteiger partial charge in [-0.1, -0.05) is 60.7 Å². The van der Waals surface area contributed by atoms with E-state index in [4.69, 9.17) is 4.98 Å². The van der Waals surface area contributed by atoms with E-state index in [0.29, 0.717) is 0 Å². The number of fused-ring (bicyclic) bond motifs is 1. The Hall–Kier alpha value is -2.84. The first kappa shape index (κ1) is 17.0. The van der Waals surface area contributed by atoms with Crippen LogP contribution in [-0.2, 0) is 0 Å². The number of imidazole rings is 1. The molecular formula is C22H19ClN2. The molecule has 4 rings (SSSR count). The minimum absolute atomic E-state index is 0. The predicted molar refractivity (Wildman–Crippen MR) is 108 cm³/mol. The maximum Gasteiger partial charge on any atom is 0.138 e. The molecule has 3 heteroatoms. The summed E-state index contributed by atoms with van der Waals surface area (Å²) in [7, 11) is 0. The molecular weight excluding hydrogens is 328 g/mol. The summed E-state index contributed by atoms with van der Waals surface area (Å²) in [6, 6.07) is 29.1. The molecule has 0 aliphatic heterocycles. The van der Waals surface area contributed by atoms with Gasteiger partial charge in [0.25, 0.3) is 0 Å². The zero-order chi connectivity index (χ0) is 16.4. The molecule has 0 fully saturated rings. The molecule has 0 spiro atoms. The minimum atomic E-state index is 0. The predicted octanol–water partition coefficient (Wildman–Crippen LogP) is 6.01. The number of allylic oxidation sites excluding steroid dienone is 1. The van der Waals surface area contributed by atoms with Crippen molar-refractivity contribution in [3.8, 4) is 5.69 Å². The highest BCUT2D eigenvalue weighted by molar-refractivity contribution is 5.85. The van der Waals surface area contributed by atoms with E-state index in [2.05, 4.69) is 84.3 Å². The fourth-order valence-electron chi connectivity index (χ4n) is 2.97. The number of hydrogen-bond acceptors (Lipinski definition) is 1. The van der Waals surface area contributed by atoms with E-state index >= 15 is 0 Å². The largest absolute Gasteiger partial charge is 0.293 e. The number of halogens is 1. The smallest absolute Gasteiger partial charge is 0.138 e. The molecule has 0 bridgehead atoms. The molecule has 0 atom stereocenters.